The van der Waals surface area contributed by atoms with E-state index in [9.17, 15) is 4.39 Å². The van der Waals surface area contributed by atoms with Gasteiger partial charge in [0.05, 0.1) is 0 Å². The molecule has 3 atom stereocenters. The summed E-state index contributed by atoms with van der Waals surface area (Å²) in [6.07, 6.45) is 3.96. The predicted molar refractivity (Wildman–Crippen MR) is 73.0 cm³/mol. The van der Waals surface area contributed by atoms with Crippen molar-refractivity contribution in [2.75, 3.05) is 5.32 Å². The third kappa shape index (κ3) is 1.65. The van der Waals surface area contributed by atoms with Crippen molar-refractivity contribution in [3.05, 3.63) is 30.1 Å². The van der Waals surface area contributed by atoms with Crippen LogP contribution in [0.15, 0.2) is 24.3 Å². The molecule has 1 aromatic rings. The molecule has 1 unspecified atom stereocenters. The summed E-state index contributed by atoms with van der Waals surface area (Å²) in [7, 11) is 0. The van der Waals surface area contributed by atoms with Gasteiger partial charge in [0, 0.05) is 11.7 Å². The fourth-order valence-electron chi connectivity index (χ4n) is 4.41. The van der Waals surface area contributed by atoms with Crippen molar-refractivity contribution in [1.29, 1.82) is 0 Å². The van der Waals surface area contributed by atoms with E-state index in [0.717, 1.165) is 11.6 Å². The van der Waals surface area contributed by atoms with Crippen LogP contribution in [0.25, 0.3) is 0 Å². The van der Waals surface area contributed by atoms with Crippen molar-refractivity contribution >= 4 is 5.69 Å². The molecule has 18 heavy (non-hydrogen) atoms. The largest absolute Gasteiger partial charge is 0.381 e. The van der Waals surface area contributed by atoms with Gasteiger partial charge >= 0.3 is 0 Å². The summed E-state index contributed by atoms with van der Waals surface area (Å²) in [5, 5.41) is 3.60. The van der Waals surface area contributed by atoms with Gasteiger partial charge in [-0.15, -0.1) is 0 Å². The number of hydrogen-bond acceptors (Lipinski definition) is 1. The molecule has 1 N–H and O–H groups in total. The topological polar surface area (TPSA) is 12.0 Å². The van der Waals surface area contributed by atoms with Gasteiger partial charge < -0.3 is 5.32 Å². The number of benzene rings is 1. The van der Waals surface area contributed by atoms with Gasteiger partial charge in [0.25, 0.3) is 0 Å². The van der Waals surface area contributed by atoms with Gasteiger partial charge in [0.2, 0.25) is 0 Å². The lowest BCUT2D eigenvalue weighted by molar-refractivity contribution is 0.155. The second-order valence-corrected chi connectivity index (χ2v) is 7.00. The average molecular weight is 247 g/mol. The first kappa shape index (κ1) is 12.0. The van der Waals surface area contributed by atoms with Crippen LogP contribution in [0.5, 0.6) is 0 Å². The van der Waals surface area contributed by atoms with Gasteiger partial charge in [-0.2, -0.15) is 0 Å². The van der Waals surface area contributed by atoms with Crippen LogP contribution in [-0.4, -0.2) is 6.04 Å². The highest BCUT2D eigenvalue weighted by atomic mass is 19.1. The van der Waals surface area contributed by atoms with Crippen LogP contribution in [0.3, 0.4) is 0 Å². The van der Waals surface area contributed by atoms with E-state index in [4.69, 9.17) is 0 Å². The fraction of sp³-hybridized carbons (Fsp3) is 0.625. The second kappa shape index (κ2) is 3.72. The molecule has 2 heteroatoms. The van der Waals surface area contributed by atoms with Crippen LogP contribution in [0.2, 0.25) is 0 Å². The molecule has 2 aliphatic rings. The highest BCUT2D eigenvalue weighted by Crippen LogP contribution is 2.63. The molecular formula is C16H22FN. The van der Waals surface area contributed by atoms with Crippen LogP contribution in [-0.2, 0) is 0 Å². The van der Waals surface area contributed by atoms with Gasteiger partial charge in [-0.25, -0.2) is 4.39 Å². The monoisotopic (exact) mass is 247 g/mol. The van der Waals surface area contributed by atoms with Gasteiger partial charge in [-0.1, -0.05) is 26.8 Å². The van der Waals surface area contributed by atoms with Crippen LogP contribution in [0.1, 0.15) is 40.0 Å². The van der Waals surface area contributed by atoms with E-state index in [0.29, 0.717) is 16.9 Å². The minimum absolute atomic E-state index is 0.161. The number of anilines is 1. The van der Waals surface area contributed by atoms with Crippen LogP contribution in [0, 0.1) is 22.6 Å². The Morgan fingerprint density at radius 2 is 2.06 bits per heavy atom. The molecule has 1 nitrogen and oxygen atoms in total. The molecule has 2 aliphatic carbocycles. The predicted octanol–water partition coefficient (Wildman–Crippen LogP) is 4.45. The molecule has 3 rings (SSSR count). The van der Waals surface area contributed by atoms with E-state index in [1.807, 2.05) is 6.07 Å². The molecule has 0 radical (unpaired) electrons. The molecular weight excluding hydrogens is 225 g/mol. The summed E-state index contributed by atoms with van der Waals surface area (Å²) >= 11 is 0. The molecule has 2 bridgehead atoms. The van der Waals surface area contributed by atoms with Gasteiger partial charge in [0.15, 0.2) is 0 Å². The molecule has 2 saturated carbocycles. The van der Waals surface area contributed by atoms with Crippen LogP contribution >= 0.6 is 0 Å². The average Bonchev–Trinajstić information content (AvgIpc) is 2.76. The smallest absolute Gasteiger partial charge is 0.125 e. The molecule has 0 spiro atoms. The lowest BCUT2D eigenvalue weighted by Gasteiger charge is -2.43. The van der Waals surface area contributed by atoms with Crippen molar-refractivity contribution in [2.45, 2.75) is 46.1 Å². The van der Waals surface area contributed by atoms with Crippen LogP contribution < -0.4 is 5.32 Å². The van der Waals surface area contributed by atoms with E-state index in [-0.39, 0.29) is 5.82 Å². The molecule has 0 heterocycles. The summed E-state index contributed by atoms with van der Waals surface area (Å²) in [5.41, 5.74) is 1.60. The zero-order valence-electron chi connectivity index (χ0n) is 11.5. The van der Waals surface area contributed by atoms with Gasteiger partial charge in [0.1, 0.15) is 5.82 Å². The molecule has 98 valence electrons. The van der Waals surface area contributed by atoms with Crippen molar-refractivity contribution in [3.8, 4) is 0 Å². The second-order valence-electron chi connectivity index (χ2n) is 7.00. The van der Waals surface area contributed by atoms with E-state index in [1.165, 1.54) is 25.3 Å². The van der Waals surface area contributed by atoms with E-state index in [2.05, 4.69) is 26.1 Å². The van der Waals surface area contributed by atoms with Crippen LogP contribution in [0.4, 0.5) is 10.1 Å². The highest BCUT2D eigenvalue weighted by molar-refractivity contribution is 5.46. The number of rotatable bonds is 2. The summed E-state index contributed by atoms with van der Waals surface area (Å²) in [6.45, 7) is 7.11. The fourth-order valence-corrected chi connectivity index (χ4v) is 4.41. The molecule has 2 fully saturated rings. The Kier molecular flexibility index (Phi) is 2.48. The standard InChI is InChI=1S/C16H22FN/c1-15(2)11-7-8-16(3,10-11)14(15)18-13-6-4-5-12(17)9-13/h4-6,9,11,14,18H,7-8,10H2,1-3H3/t11-,14?,16+/m0/s1. The summed E-state index contributed by atoms with van der Waals surface area (Å²) in [6, 6.07) is 7.30. The Bertz CT molecular complexity index is 463. The number of fused-ring (bicyclic) bond motifs is 2. The zero-order valence-corrected chi connectivity index (χ0v) is 11.5. The summed E-state index contributed by atoms with van der Waals surface area (Å²) < 4.78 is 13.3. The quantitative estimate of drug-likeness (QED) is 0.814. The van der Waals surface area contributed by atoms with Crippen molar-refractivity contribution in [1.82, 2.24) is 0 Å². The first-order valence-corrected chi connectivity index (χ1v) is 6.94. The maximum Gasteiger partial charge on any atom is 0.125 e. The lowest BCUT2D eigenvalue weighted by Crippen LogP contribution is -2.45. The Hall–Kier alpha value is -1.05. The van der Waals surface area contributed by atoms with E-state index in [1.54, 1.807) is 12.1 Å². The first-order valence-electron chi connectivity index (χ1n) is 6.94. The van der Waals surface area contributed by atoms with E-state index >= 15 is 0 Å². The first-order chi connectivity index (χ1) is 8.42. The van der Waals surface area contributed by atoms with Crippen molar-refractivity contribution in [2.24, 2.45) is 16.7 Å². The minimum Gasteiger partial charge on any atom is -0.381 e. The maximum atomic E-state index is 13.3. The normalized spacial score (nSPS) is 36.9. The minimum atomic E-state index is -0.161. The molecule has 0 saturated heterocycles. The van der Waals surface area contributed by atoms with Crippen molar-refractivity contribution < 1.29 is 4.39 Å². The SMILES string of the molecule is CC1(C)C(Nc2cccc(F)c2)[C@]2(C)CC[C@H]1C2. The third-order valence-corrected chi connectivity index (χ3v) is 5.41. The highest BCUT2D eigenvalue weighted by Gasteiger charge is 2.59. The Labute approximate surface area is 109 Å². The van der Waals surface area contributed by atoms with Gasteiger partial charge in [-0.3, -0.25) is 0 Å². The van der Waals surface area contributed by atoms with E-state index < -0.39 is 0 Å². The summed E-state index contributed by atoms with van der Waals surface area (Å²) in [4.78, 5) is 0. The van der Waals surface area contributed by atoms with Gasteiger partial charge in [-0.05, 0) is 54.2 Å². The molecule has 0 aliphatic heterocycles. The van der Waals surface area contributed by atoms with Crippen molar-refractivity contribution in [3.63, 3.8) is 0 Å². The Morgan fingerprint density at radius 3 is 2.67 bits per heavy atom. The Morgan fingerprint density at radius 1 is 1.28 bits per heavy atom. The molecule has 1 aromatic carbocycles. The maximum absolute atomic E-state index is 13.3. The third-order valence-electron chi connectivity index (χ3n) is 5.41. The zero-order chi connectivity index (χ0) is 13.0. The lowest BCUT2D eigenvalue weighted by atomic mass is 9.68. The molecule has 0 aromatic heterocycles. The number of nitrogens with one attached hydrogen (secondary N) is 1. The number of halogens is 1. The molecule has 0 amide bonds. The Balaban J connectivity index is 1.88. The summed E-state index contributed by atoms with van der Waals surface area (Å²) in [5.74, 6) is 0.652. The number of hydrogen-bond donors (Lipinski definition) is 1.